The van der Waals surface area contributed by atoms with E-state index in [1.165, 1.54) is 6.92 Å². The second kappa shape index (κ2) is 10.8. The van der Waals surface area contributed by atoms with Crippen LogP contribution in [0.1, 0.15) is 53.2 Å². The second-order valence-corrected chi connectivity index (χ2v) is 6.98. The molecule has 12 heteroatoms. The molecule has 0 bridgehead atoms. The van der Waals surface area contributed by atoms with Gasteiger partial charge in [0, 0.05) is 13.8 Å². The Labute approximate surface area is 177 Å². The zero-order valence-corrected chi connectivity index (χ0v) is 17.8. The lowest BCUT2D eigenvalue weighted by Crippen LogP contribution is -2.40. The van der Waals surface area contributed by atoms with Crippen molar-refractivity contribution in [3.8, 4) is 0 Å². The number of hydrogen-bond acceptors (Lipinski definition) is 9. The van der Waals surface area contributed by atoms with Gasteiger partial charge < -0.3 is 18.9 Å². The Morgan fingerprint density at radius 2 is 1.84 bits per heavy atom. The first kappa shape index (κ1) is 24.3. The molecule has 1 fully saturated rings. The monoisotopic (exact) mass is 443 g/mol. The summed E-state index contributed by atoms with van der Waals surface area (Å²) in [5.41, 5.74) is -0.986. The van der Waals surface area contributed by atoms with Gasteiger partial charge in [0.25, 0.3) is 0 Å². The molecule has 1 aliphatic rings. The number of nitrogens with one attached hydrogen (secondary N) is 1. The molecule has 31 heavy (non-hydrogen) atoms. The minimum absolute atomic E-state index is 0.147. The van der Waals surface area contributed by atoms with Crippen LogP contribution in [0.4, 0.5) is 15.0 Å². The van der Waals surface area contributed by atoms with E-state index in [0.29, 0.717) is 6.42 Å². The van der Waals surface area contributed by atoms with Crippen LogP contribution in [-0.4, -0.2) is 52.5 Å². The van der Waals surface area contributed by atoms with E-state index >= 15 is 0 Å². The number of carbonyl (C=O) groups is 3. The Morgan fingerprint density at radius 1 is 1.19 bits per heavy atom. The van der Waals surface area contributed by atoms with Crippen LogP contribution in [0.15, 0.2) is 11.0 Å². The number of rotatable bonds is 8. The molecule has 0 spiro atoms. The normalized spacial score (nSPS) is 22.6. The van der Waals surface area contributed by atoms with Crippen LogP contribution in [0.3, 0.4) is 0 Å². The van der Waals surface area contributed by atoms with Gasteiger partial charge in [-0.1, -0.05) is 19.8 Å². The minimum atomic E-state index is -1.30. The quantitative estimate of drug-likeness (QED) is 0.363. The standard InChI is InChI=1S/C19H26FN3O8/c1-5-6-7-8-28-19(27)22-16-13(20)9-23(18(26)21-16)17-15(31-12(4)25)14(10(2)29-17)30-11(3)24/h9-10,14-15,17H,5-8H2,1-4H3,(H,21,22,26,27)/t10-,14?,15-,17-/m1/s1. The molecule has 0 aromatic carbocycles. The lowest BCUT2D eigenvalue weighted by atomic mass is 10.1. The summed E-state index contributed by atoms with van der Waals surface area (Å²) in [4.78, 5) is 50.7. The number of unbranched alkanes of at least 4 members (excludes halogenated alkanes) is 2. The second-order valence-electron chi connectivity index (χ2n) is 6.98. The van der Waals surface area contributed by atoms with Crippen LogP contribution in [0.5, 0.6) is 0 Å². The van der Waals surface area contributed by atoms with Crippen molar-refractivity contribution in [2.75, 3.05) is 11.9 Å². The van der Waals surface area contributed by atoms with E-state index in [0.717, 1.165) is 30.5 Å². The van der Waals surface area contributed by atoms with Crippen LogP contribution < -0.4 is 11.0 Å². The number of hydrogen-bond donors (Lipinski definition) is 1. The molecule has 0 saturated carbocycles. The highest BCUT2D eigenvalue weighted by Gasteiger charge is 2.48. The summed E-state index contributed by atoms with van der Waals surface area (Å²) < 4.78 is 36.1. The van der Waals surface area contributed by atoms with Gasteiger partial charge in [-0.15, -0.1) is 0 Å². The van der Waals surface area contributed by atoms with Gasteiger partial charge in [-0.3, -0.25) is 19.5 Å². The molecule has 1 saturated heterocycles. The minimum Gasteiger partial charge on any atom is -0.456 e. The number of aromatic nitrogens is 2. The third-order valence-electron chi connectivity index (χ3n) is 4.41. The molecule has 1 aromatic rings. The maximum Gasteiger partial charge on any atom is 0.412 e. The number of carbonyl (C=O) groups excluding carboxylic acids is 3. The summed E-state index contributed by atoms with van der Waals surface area (Å²) >= 11 is 0. The smallest absolute Gasteiger partial charge is 0.412 e. The molecule has 2 rings (SSSR count). The van der Waals surface area contributed by atoms with Gasteiger partial charge in [0.2, 0.25) is 0 Å². The third-order valence-corrected chi connectivity index (χ3v) is 4.41. The van der Waals surface area contributed by atoms with Crippen molar-refractivity contribution in [2.24, 2.45) is 0 Å². The maximum atomic E-state index is 14.5. The van der Waals surface area contributed by atoms with E-state index in [4.69, 9.17) is 18.9 Å². The largest absolute Gasteiger partial charge is 0.456 e. The fourth-order valence-electron chi connectivity index (χ4n) is 3.06. The van der Waals surface area contributed by atoms with Crippen LogP contribution in [0.2, 0.25) is 0 Å². The summed E-state index contributed by atoms with van der Waals surface area (Å²) in [6.45, 7) is 5.98. The van der Waals surface area contributed by atoms with Gasteiger partial charge in [0.15, 0.2) is 30.1 Å². The van der Waals surface area contributed by atoms with Crippen LogP contribution >= 0.6 is 0 Å². The fourth-order valence-corrected chi connectivity index (χ4v) is 3.06. The van der Waals surface area contributed by atoms with Gasteiger partial charge in [-0.2, -0.15) is 4.98 Å². The number of nitrogens with zero attached hydrogens (tertiary/aromatic N) is 2. The molecule has 11 nitrogen and oxygen atoms in total. The SMILES string of the molecule is CCCCCOC(=O)Nc1nc(=O)n([C@@H]2O[C@H](C)C(OC(C)=O)[C@H]2OC(C)=O)cc1F. The van der Waals surface area contributed by atoms with E-state index in [1.54, 1.807) is 6.92 Å². The van der Waals surface area contributed by atoms with Crippen LogP contribution in [0.25, 0.3) is 0 Å². The first-order valence-corrected chi connectivity index (χ1v) is 9.86. The van der Waals surface area contributed by atoms with Crippen LogP contribution in [0, 0.1) is 5.82 Å². The molecule has 0 radical (unpaired) electrons. The molecular weight excluding hydrogens is 417 g/mol. The summed E-state index contributed by atoms with van der Waals surface area (Å²) in [7, 11) is 0. The number of halogens is 1. The highest BCUT2D eigenvalue weighted by atomic mass is 19.1. The summed E-state index contributed by atoms with van der Waals surface area (Å²) in [5.74, 6) is -3.02. The van der Waals surface area contributed by atoms with Crippen molar-refractivity contribution in [3.63, 3.8) is 0 Å². The van der Waals surface area contributed by atoms with Crippen LogP contribution in [-0.2, 0) is 28.5 Å². The summed E-state index contributed by atoms with van der Waals surface area (Å²) in [6, 6.07) is 0. The fraction of sp³-hybridized carbons (Fsp3) is 0.632. The van der Waals surface area contributed by atoms with Gasteiger partial charge in [-0.05, 0) is 13.3 Å². The Morgan fingerprint density at radius 3 is 2.45 bits per heavy atom. The zero-order valence-electron chi connectivity index (χ0n) is 17.8. The Kier molecular flexibility index (Phi) is 8.48. The van der Waals surface area contributed by atoms with Gasteiger partial charge in [0.1, 0.15) is 0 Å². The predicted molar refractivity (Wildman–Crippen MR) is 104 cm³/mol. The van der Waals surface area contributed by atoms with E-state index in [2.05, 4.69) is 10.3 Å². The molecule has 4 atom stereocenters. The van der Waals surface area contributed by atoms with E-state index in [1.807, 2.05) is 6.92 Å². The number of anilines is 1. The summed E-state index contributed by atoms with van der Waals surface area (Å²) in [6.07, 6.45) is -2.02. The topological polar surface area (TPSA) is 135 Å². The van der Waals surface area contributed by atoms with Gasteiger partial charge in [0.05, 0.1) is 18.9 Å². The Hall–Kier alpha value is -3.02. The maximum absolute atomic E-state index is 14.5. The Bertz CT molecular complexity index is 874. The lowest BCUT2D eigenvalue weighted by molar-refractivity contribution is -0.165. The van der Waals surface area contributed by atoms with Crippen molar-refractivity contribution >= 4 is 23.8 Å². The van der Waals surface area contributed by atoms with Gasteiger partial charge in [-0.25, -0.2) is 14.0 Å². The van der Waals surface area contributed by atoms with Crippen molar-refractivity contribution in [3.05, 3.63) is 22.5 Å². The average molecular weight is 443 g/mol. The molecule has 172 valence electrons. The molecular formula is C19H26FN3O8. The van der Waals surface area contributed by atoms with Crippen molar-refractivity contribution < 1.29 is 37.7 Å². The van der Waals surface area contributed by atoms with Crippen molar-refractivity contribution in [1.82, 2.24) is 9.55 Å². The highest BCUT2D eigenvalue weighted by molar-refractivity contribution is 5.83. The molecule has 2 heterocycles. The highest BCUT2D eigenvalue weighted by Crippen LogP contribution is 2.33. The molecule has 1 amide bonds. The molecule has 0 aliphatic carbocycles. The molecule has 1 aromatic heterocycles. The lowest BCUT2D eigenvalue weighted by Gasteiger charge is -2.23. The summed E-state index contributed by atoms with van der Waals surface area (Å²) in [5, 5.41) is 2.08. The first-order valence-electron chi connectivity index (χ1n) is 9.86. The molecule has 1 aliphatic heterocycles. The van der Waals surface area contributed by atoms with E-state index in [-0.39, 0.29) is 6.61 Å². The molecule has 1 N–H and O–H groups in total. The van der Waals surface area contributed by atoms with Gasteiger partial charge >= 0.3 is 23.7 Å². The molecule has 1 unspecified atom stereocenters. The third kappa shape index (κ3) is 6.48. The number of esters is 2. The average Bonchev–Trinajstić information content (AvgIpc) is 2.96. The van der Waals surface area contributed by atoms with E-state index in [9.17, 15) is 23.6 Å². The predicted octanol–water partition coefficient (Wildman–Crippen LogP) is 1.90. The van der Waals surface area contributed by atoms with Crippen molar-refractivity contribution in [2.45, 2.75) is 71.5 Å². The number of ether oxygens (including phenoxy) is 4. The number of amides is 1. The van der Waals surface area contributed by atoms with E-state index < -0.39 is 59.9 Å². The first-order chi connectivity index (χ1) is 14.6. The zero-order chi connectivity index (χ0) is 23.1. The van der Waals surface area contributed by atoms with Crippen molar-refractivity contribution in [1.29, 1.82) is 0 Å². The Balaban J connectivity index is 2.22.